The summed E-state index contributed by atoms with van der Waals surface area (Å²) >= 11 is 0. The van der Waals surface area contributed by atoms with Crippen LogP contribution in [0.1, 0.15) is 36.4 Å². The molecule has 0 aliphatic heterocycles. The van der Waals surface area contributed by atoms with E-state index in [1.807, 2.05) is 13.8 Å². The maximum Gasteiger partial charge on any atom is 0.228 e. The molecule has 0 fully saturated rings. The molecule has 1 aromatic carbocycles. The molecule has 1 heterocycles. The zero-order chi connectivity index (χ0) is 16.8. The van der Waals surface area contributed by atoms with Crippen molar-refractivity contribution in [2.45, 2.75) is 39.7 Å². The monoisotopic (exact) mass is 318 g/mol. The first kappa shape index (κ1) is 17.0. The maximum atomic E-state index is 12.3. The van der Waals surface area contributed by atoms with Crippen molar-refractivity contribution in [1.29, 1.82) is 0 Å². The molecule has 0 saturated carbocycles. The smallest absolute Gasteiger partial charge is 0.228 e. The predicted octanol–water partition coefficient (Wildman–Crippen LogP) is 2.48. The third kappa shape index (κ3) is 3.90. The second-order valence-corrected chi connectivity index (χ2v) is 5.15. The van der Waals surface area contributed by atoms with Crippen LogP contribution in [0.5, 0.6) is 5.75 Å². The average Bonchev–Trinajstić information content (AvgIpc) is 2.96. The van der Waals surface area contributed by atoms with Crippen molar-refractivity contribution in [2.75, 3.05) is 12.4 Å². The van der Waals surface area contributed by atoms with E-state index >= 15 is 0 Å². The quantitative estimate of drug-likeness (QED) is 0.819. The van der Waals surface area contributed by atoms with E-state index in [9.17, 15) is 9.90 Å². The molecule has 124 valence electrons. The SMILES string of the molecule is CCc1noc(CC)c1CC(=O)Nc1ccc(OC)c(CO)c1. The van der Waals surface area contributed by atoms with Gasteiger partial charge >= 0.3 is 0 Å². The number of hydrogen-bond acceptors (Lipinski definition) is 5. The Morgan fingerprint density at radius 2 is 2.13 bits per heavy atom. The van der Waals surface area contributed by atoms with Gasteiger partial charge in [0.05, 0.1) is 25.8 Å². The number of carbonyl (C=O) groups is 1. The van der Waals surface area contributed by atoms with Crippen molar-refractivity contribution in [3.63, 3.8) is 0 Å². The van der Waals surface area contributed by atoms with Crippen molar-refractivity contribution >= 4 is 11.6 Å². The Morgan fingerprint density at radius 3 is 2.74 bits per heavy atom. The molecule has 0 saturated heterocycles. The molecule has 0 unspecified atom stereocenters. The number of rotatable bonds is 7. The first-order valence-corrected chi connectivity index (χ1v) is 7.66. The Morgan fingerprint density at radius 1 is 1.35 bits per heavy atom. The minimum Gasteiger partial charge on any atom is -0.496 e. The Bertz CT molecular complexity index is 658. The van der Waals surface area contributed by atoms with Gasteiger partial charge in [-0.15, -0.1) is 0 Å². The third-order valence-corrected chi connectivity index (χ3v) is 3.68. The average molecular weight is 318 g/mol. The van der Waals surface area contributed by atoms with Crippen LogP contribution in [0.25, 0.3) is 0 Å². The Balaban J connectivity index is 2.12. The number of methoxy groups -OCH3 is 1. The lowest BCUT2D eigenvalue weighted by atomic mass is 10.1. The molecule has 23 heavy (non-hydrogen) atoms. The van der Waals surface area contributed by atoms with Crippen LogP contribution >= 0.6 is 0 Å². The number of nitrogens with zero attached hydrogens (tertiary/aromatic N) is 1. The highest BCUT2D eigenvalue weighted by molar-refractivity contribution is 5.92. The summed E-state index contributed by atoms with van der Waals surface area (Å²) in [4.78, 5) is 12.3. The highest BCUT2D eigenvalue weighted by Gasteiger charge is 2.17. The van der Waals surface area contributed by atoms with Gasteiger partial charge in [0.15, 0.2) is 0 Å². The van der Waals surface area contributed by atoms with Gasteiger partial charge in [0.25, 0.3) is 0 Å². The Kier molecular flexibility index (Phi) is 5.76. The van der Waals surface area contributed by atoms with Crippen LogP contribution in [-0.4, -0.2) is 23.3 Å². The lowest BCUT2D eigenvalue weighted by Crippen LogP contribution is -2.16. The van der Waals surface area contributed by atoms with Crippen LogP contribution in [0, 0.1) is 0 Å². The first-order valence-electron chi connectivity index (χ1n) is 7.66. The molecule has 2 aromatic rings. The van der Waals surface area contributed by atoms with Crippen molar-refractivity contribution in [1.82, 2.24) is 5.16 Å². The van der Waals surface area contributed by atoms with E-state index in [1.165, 1.54) is 7.11 Å². The van der Waals surface area contributed by atoms with E-state index < -0.39 is 0 Å². The van der Waals surface area contributed by atoms with Crippen molar-refractivity contribution in [3.8, 4) is 5.75 Å². The number of hydrogen-bond donors (Lipinski definition) is 2. The fraction of sp³-hybridized carbons (Fsp3) is 0.412. The second kappa shape index (κ2) is 7.78. The van der Waals surface area contributed by atoms with E-state index in [4.69, 9.17) is 9.26 Å². The fourth-order valence-corrected chi connectivity index (χ4v) is 2.48. The molecule has 0 atom stereocenters. The van der Waals surface area contributed by atoms with Gasteiger partial charge in [-0.3, -0.25) is 4.79 Å². The van der Waals surface area contributed by atoms with Crippen molar-refractivity contribution in [3.05, 3.63) is 40.8 Å². The number of amides is 1. The molecular formula is C17H22N2O4. The van der Waals surface area contributed by atoms with Crippen molar-refractivity contribution < 1.29 is 19.2 Å². The molecule has 0 radical (unpaired) electrons. The molecule has 1 amide bonds. The fourth-order valence-electron chi connectivity index (χ4n) is 2.48. The van der Waals surface area contributed by atoms with Gasteiger partial charge in [0.2, 0.25) is 5.91 Å². The number of aryl methyl sites for hydroxylation is 2. The summed E-state index contributed by atoms with van der Waals surface area (Å²) in [5.41, 5.74) is 2.93. The number of carbonyl (C=O) groups excluding carboxylic acids is 1. The van der Waals surface area contributed by atoms with Crippen LogP contribution in [0.15, 0.2) is 22.7 Å². The van der Waals surface area contributed by atoms with Gasteiger partial charge in [-0.2, -0.15) is 0 Å². The zero-order valence-electron chi connectivity index (χ0n) is 13.7. The predicted molar refractivity (Wildman–Crippen MR) is 86.5 cm³/mol. The molecule has 0 aliphatic rings. The number of nitrogens with one attached hydrogen (secondary N) is 1. The van der Waals surface area contributed by atoms with Gasteiger partial charge in [-0.25, -0.2) is 0 Å². The number of aliphatic hydroxyl groups excluding tert-OH is 1. The molecule has 1 aromatic heterocycles. The lowest BCUT2D eigenvalue weighted by Gasteiger charge is -2.10. The molecule has 2 N–H and O–H groups in total. The summed E-state index contributed by atoms with van der Waals surface area (Å²) in [5.74, 6) is 1.19. The molecule has 6 nitrogen and oxygen atoms in total. The second-order valence-electron chi connectivity index (χ2n) is 5.15. The van der Waals surface area contributed by atoms with Crippen LogP contribution in [0.2, 0.25) is 0 Å². The van der Waals surface area contributed by atoms with Crippen LogP contribution in [0.4, 0.5) is 5.69 Å². The van der Waals surface area contributed by atoms with Gasteiger partial charge < -0.3 is 19.7 Å². The van der Waals surface area contributed by atoms with Gasteiger partial charge in [-0.05, 0) is 24.6 Å². The number of aliphatic hydroxyl groups is 1. The highest BCUT2D eigenvalue weighted by atomic mass is 16.5. The highest BCUT2D eigenvalue weighted by Crippen LogP contribution is 2.23. The van der Waals surface area contributed by atoms with Gasteiger partial charge in [0.1, 0.15) is 11.5 Å². The van der Waals surface area contributed by atoms with E-state index in [0.29, 0.717) is 23.4 Å². The summed E-state index contributed by atoms with van der Waals surface area (Å²) in [6, 6.07) is 5.16. The largest absolute Gasteiger partial charge is 0.496 e. The molecule has 0 bridgehead atoms. The third-order valence-electron chi connectivity index (χ3n) is 3.68. The summed E-state index contributed by atoms with van der Waals surface area (Å²) in [6.07, 6.45) is 1.65. The number of benzene rings is 1. The van der Waals surface area contributed by atoms with E-state index in [0.717, 1.165) is 23.4 Å². The van der Waals surface area contributed by atoms with E-state index in [1.54, 1.807) is 18.2 Å². The maximum absolute atomic E-state index is 12.3. The Hall–Kier alpha value is -2.34. The van der Waals surface area contributed by atoms with Gasteiger partial charge in [-0.1, -0.05) is 19.0 Å². The normalized spacial score (nSPS) is 10.6. The summed E-state index contributed by atoms with van der Waals surface area (Å²) in [6.45, 7) is 3.80. The van der Waals surface area contributed by atoms with Crippen molar-refractivity contribution in [2.24, 2.45) is 0 Å². The van der Waals surface area contributed by atoms with Crippen LogP contribution in [-0.2, 0) is 30.7 Å². The first-order chi connectivity index (χ1) is 11.1. The number of aromatic nitrogens is 1. The van der Waals surface area contributed by atoms with E-state index in [-0.39, 0.29) is 18.9 Å². The standard InChI is InChI=1S/C17H22N2O4/c1-4-14-13(15(5-2)23-19-14)9-17(21)18-12-6-7-16(22-3)11(8-12)10-20/h6-8,20H,4-5,9-10H2,1-3H3,(H,18,21). The zero-order valence-corrected chi connectivity index (χ0v) is 13.7. The topological polar surface area (TPSA) is 84.6 Å². The Labute approximate surface area is 135 Å². The molecule has 0 spiro atoms. The number of ether oxygens (including phenoxy) is 1. The van der Waals surface area contributed by atoms with E-state index in [2.05, 4.69) is 10.5 Å². The number of anilines is 1. The molecular weight excluding hydrogens is 296 g/mol. The minimum absolute atomic E-state index is 0.147. The van der Waals surface area contributed by atoms with Crippen LogP contribution in [0.3, 0.4) is 0 Å². The molecule has 2 rings (SSSR count). The molecule has 6 heteroatoms. The summed E-state index contributed by atoms with van der Waals surface area (Å²) in [7, 11) is 1.54. The van der Waals surface area contributed by atoms with Gasteiger partial charge in [0, 0.05) is 23.2 Å². The lowest BCUT2D eigenvalue weighted by molar-refractivity contribution is -0.115. The minimum atomic E-state index is -0.154. The summed E-state index contributed by atoms with van der Waals surface area (Å²) < 4.78 is 10.4. The molecule has 0 aliphatic carbocycles. The van der Waals surface area contributed by atoms with Crippen LogP contribution < -0.4 is 10.1 Å². The summed E-state index contributed by atoms with van der Waals surface area (Å²) in [5, 5.41) is 16.2.